The first-order valence-electron chi connectivity index (χ1n) is 5.77. The van der Waals surface area contributed by atoms with Gasteiger partial charge in [-0.2, -0.15) is 0 Å². The van der Waals surface area contributed by atoms with Crippen LogP contribution in [0.2, 0.25) is 0 Å². The summed E-state index contributed by atoms with van der Waals surface area (Å²) >= 11 is 4.74. The number of sulfonamides is 1. The molecule has 0 aliphatic heterocycles. The van der Waals surface area contributed by atoms with Crippen molar-refractivity contribution >= 4 is 27.2 Å². The average Bonchev–Trinajstić information content (AvgIpc) is 2.25. The van der Waals surface area contributed by atoms with Crippen LogP contribution < -0.4 is 10.5 Å². The van der Waals surface area contributed by atoms with Crippen molar-refractivity contribution in [2.24, 2.45) is 11.7 Å². The summed E-state index contributed by atoms with van der Waals surface area (Å²) in [5.41, 5.74) is 6.06. The molecule has 0 aliphatic rings. The second kappa shape index (κ2) is 6.40. The van der Waals surface area contributed by atoms with Crippen molar-refractivity contribution in [1.29, 1.82) is 0 Å². The predicted molar refractivity (Wildman–Crippen MR) is 77.8 cm³/mol. The van der Waals surface area contributed by atoms with E-state index < -0.39 is 15.8 Å². The van der Waals surface area contributed by atoms with E-state index in [1.165, 1.54) is 12.1 Å². The topological polar surface area (TPSA) is 72.2 Å². The van der Waals surface area contributed by atoms with E-state index in [0.717, 1.165) is 0 Å². The lowest BCUT2D eigenvalue weighted by atomic mass is 10.1. The van der Waals surface area contributed by atoms with Gasteiger partial charge in [0, 0.05) is 17.7 Å². The molecule has 106 valence electrons. The lowest BCUT2D eigenvalue weighted by Gasteiger charge is -2.10. The minimum Gasteiger partial charge on any atom is -0.389 e. The van der Waals surface area contributed by atoms with Crippen LogP contribution in [-0.2, 0) is 16.6 Å². The maximum atomic E-state index is 13.7. The van der Waals surface area contributed by atoms with Gasteiger partial charge < -0.3 is 5.73 Å². The van der Waals surface area contributed by atoms with Gasteiger partial charge in [-0.05, 0) is 12.0 Å². The molecule has 0 heterocycles. The SMILES string of the molecule is CC(C)CS(=O)(=O)NCc1ccc(C(N)=S)cc1F. The van der Waals surface area contributed by atoms with Gasteiger partial charge in [-0.15, -0.1) is 0 Å². The minimum atomic E-state index is -3.39. The molecule has 0 radical (unpaired) electrons. The van der Waals surface area contributed by atoms with Crippen LogP contribution in [0.25, 0.3) is 0 Å². The number of nitrogens with one attached hydrogen (secondary N) is 1. The number of thiocarbonyl (C=S) groups is 1. The van der Waals surface area contributed by atoms with Gasteiger partial charge in [-0.3, -0.25) is 0 Å². The standard InChI is InChI=1S/C12H17FN2O2S2/c1-8(2)7-19(16,17)15-6-10-4-3-9(12(14)18)5-11(10)13/h3-5,8,15H,6-7H2,1-2H3,(H2,14,18). The van der Waals surface area contributed by atoms with Crippen LogP contribution in [0.15, 0.2) is 18.2 Å². The molecule has 0 unspecified atom stereocenters. The predicted octanol–water partition coefficient (Wildman–Crippen LogP) is 1.54. The van der Waals surface area contributed by atoms with Crippen molar-refractivity contribution in [3.8, 4) is 0 Å². The summed E-state index contributed by atoms with van der Waals surface area (Å²) in [5, 5.41) is 0. The highest BCUT2D eigenvalue weighted by atomic mass is 32.2. The van der Waals surface area contributed by atoms with Gasteiger partial charge in [0.15, 0.2) is 0 Å². The van der Waals surface area contributed by atoms with Gasteiger partial charge in [0.1, 0.15) is 10.8 Å². The van der Waals surface area contributed by atoms with Gasteiger partial charge in [0.25, 0.3) is 0 Å². The molecule has 19 heavy (non-hydrogen) atoms. The van der Waals surface area contributed by atoms with Crippen molar-refractivity contribution in [2.75, 3.05) is 5.75 Å². The third kappa shape index (κ3) is 5.22. The summed E-state index contributed by atoms with van der Waals surface area (Å²) in [6, 6.07) is 4.24. The molecule has 0 aliphatic carbocycles. The molecule has 1 aromatic rings. The molecule has 0 aromatic heterocycles. The van der Waals surface area contributed by atoms with Gasteiger partial charge in [0.2, 0.25) is 10.0 Å². The van der Waals surface area contributed by atoms with E-state index >= 15 is 0 Å². The third-order valence-electron chi connectivity index (χ3n) is 2.37. The molecular formula is C12H17FN2O2S2. The van der Waals surface area contributed by atoms with E-state index in [2.05, 4.69) is 4.72 Å². The minimum absolute atomic E-state index is 0.0133. The summed E-state index contributed by atoms with van der Waals surface area (Å²) in [7, 11) is -3.39. The first-order valence-corrected chi connectivity index (χ1v) is 7.83. The lowest BCUT2D eigenvalue weighted by Crippen LogP contribution is -2.28. The second-order valence-corrected chi connectivity index (χ2v) is 6.96. The van der Waals surface area contributed by atoms with Gasteiger partial charge >= 0.3 is 0 Å². The molecule has 7 heteroatoms. The third-order valence-corrected chi connectivity index (χ3v) is 4.30. The Bertz CT molecular complexity index is 571. The molecule has 1 aromatic carbocycles. The van der Waals surface area contributed by atoms with Gasteiger partial charge in [-0.1, -0.05) is 38.2 Å². The Balaban J connectivity index is 2.76. The van der Waals surface area contributed by atoms with Gasteiger partial charge in [0.05, 0.1) is 5.75 Å². The van der Waals surface area contributed by atoms with E-state index in [-0.39, 0.29) is 28.8 Å². The summed E-state index contributed by atoms with van der Waals surface area (Å²) in [6.45, 7) is 3.52. The fourth-order valence-electron chi connectivity index (χ4n) is 1.53. The van der Waals surface area contributed by atoms with Crippen LogP contribution in [0.4, 0.5) is 4.39 Å². The van der Waals surface area contributed by atoms with Crippen LogP contribution in [0.3, 0.4) is 0 Å². The number of halogens is 1. The molecule has 4 nitrogen and oxygen atoms in total. The highest BCUT2D eigenvalue weighted by molar-refractivity contribution is 7.89. The quantitative estimate of drug-likeness (QED) is 0.782. The number of hydrogen-bond acceptors (Lipinski definition) is 3. The van der Waals surface area contributed by atoms with Crippen molar-refractivity contribution in [3.63, 3.8) is 0 Å². The molecule has 0 atom stereocenters. The Morgan fingerprint density at radius 2 is 2.11 bits per heavy atom. The molecular weight excluding hydrogens is 287 g/mol. The van der Waals surface area contributed by atoms with Gasteiger partial charge in [-0.25, -0.2) is 17.5 Å². The van der Waals surface area contributed by atoms with Crippen molar-refractivity contribution in [2.45, 2.75) is 20.4 Å². The van der Waals surface area contributed by atoms with Crippen molar-refractivity contribution in [1.82, 2.24) is 4.72 Å². The second-order valence-electron chi connectivity index (χ2n) is 4.67. The Morgan fingerprint density at radius 3 is 2.58 bits per heavy atom. The highest BCUT2D eigenvalue weighted by Gasteiger charge is 2.13. The zero-order chi connectivity index (χ0) is 14.6. The van der Waals surface area contributed by atoms with Crippen LogP contribution in [0.1, 0.15) is 25.0 Å². The van der Waals surface area contributed by atoms with Crippen LogP contribution >= 0.6 is 12.2 Å². The number of hydrogen-bond donors (Lipinski definition) is 2. The number of benzene rings is 1. The Labute approximate surface area is 118 Å². The van der Waals surface area contributed by atoms with E-state index in [0.29, 0.717) is 5.56 Å². The molecule has 0 saturated carbocycles. The first-order chi connectivity index (χ1) is 8.71. The maximum Gasteiger partial charge on any atom is 0.212 e. The van der Waals surface area contributed by atoms with Crippen LogP contribution in [0.5, 0.6) is 0 Å². The summed E-state index contributed by atoms with van der Waals surface area (Å²) in [4.78, 5) is 0.103. The van der Waals surface area contributed by atoms with E-state index in [4.69, 9.17) is 18.0 Å². The molecule has 3 N–H and O–H groups in total. The highest BCUT2D eigenvalue weighted by Crippen LogP contribution is 2.11. The zero-order valence-corrected chi connectivity index (χ0v) is 12.4. The molecule has 0 saturated heterocycles. The Kier molecular flexibility index (Phi) is 5.39. The first kappa shape index (κ1) is 16.0. The molecule has 0 spiro atoms. The Morgan fingerprint density at radius 1 is 1.47 bits per heavy atom. The summed E-state index contributed by atoms with van der Waals surface area (Å²) in [6.07, 6.45) is 0. The van der Waals surface area contributed by atoms with E-state index in [9.17, 15) is 12.8 Å². The average molecular weight is 304 g/mol. The largest absolute Gasteiger partial charge is 0.389 e. The zero-order valence-electron chi connectivity index (χ0n) is 10.8. The van der Waals surface area contributed by atoms with Crippen LogP contribution in [-0.4, -0.2) is 19.2 Å². The smallest absolute Gasteiger partial charge is 0.212 e. The Hall–Kier alpha value is -1.05. The summed E-state index contributed by atoms with van der Waals surface area (Å²) in [5.74, 6) is -0.503. The molecule has 1 rings (SSSR count). The van der Waals surface area contributed by atoms with E-state index in [1.807, 2.05) is 0 Å². The summed E-state index contributed by atoms with van der Waals surface area (Å²) < 4.78 is 39.3. The molecule has 0 bridgehead atoms. The molecule has 0 fully saturated rings. The monoisotopic (exact) mass is 304 g/mol. The number of nitrogens with two attached hydrogens (primary N) is 1. The lowest BCUT2D eigenvalue weighted by molar-refractivity contribution is 0.563. The van der Waals surface area contributed by atoms with E-state index in [1.54, 1.807) is 19.9 Å². The fourth-order valence-corrected chi connectivity index (χ4v) is 3.03. The van der Waals surface area contributed by atoms with Crippen molar-refractivity contribution < 1.29 is 12.8 Å². The van der Waals surface area contributed by atoms with Crippen LogP contribution in [0, 0.1) is 11.7 Å². The maximum absolute atomic E-state index is 13.7. The fraction of sp³-hybridized carbons (Fsp3) is 0.417. The number of rotatable bonds is 6. The normalized spacial score (nSPS) is 11.8. The van der Waals surface area contributed by atoms with Crippen molar-refractivity contribution in [3.05, 3.63) is 35.1 Å². The molecule has 0 amide bonds.